The van der Waals surface area contributed by atoms with Gasteiger partial charge in [-0.2, -0.15) is 0 Å². The van der Waals surface area contributed by atoms with Crippen LogP contribution in [-0.4, -0.2) is 13.2 Å². The fourth-order valence-electron chi connectivity index (χ4n) is 1.11. The van der Waals surface area contributed by atoms with Crippen molar-refractivity contribution in [2.24, 2.45) is 0 Å². The van der Waals surface area contributed by atoms with E-state index in [-0.39, 0.29) is 6.10 Å². The van der Waals surface area contributed by atoms with E-state index in [2.05, 4.69) is 16.7 Å². The van der Waals surface area contributed by atoms with Crippen LogP contribution >= 0.6 is 0 Å². The number of methoxy groups -OCH3 is 1. The molecule has 2 nitrogen and oxygen atoms in total. The van der Waals surface area contributed by atoms with E-state index in [9.17, 15) is 0 Å². The van der Waals surface area contributed by atoms with Crippen LogP contribution in [0, 0.1) is 18.4 Å². The Labute approximate surface area is 90.7 Å². The summed E-state index contributed by atoms with van der Waals surface area (Å²) in [7, 11) is 1.66. The number of hydrogen-bond donors (Lipinski definition) is 0. The zero-order valence-corrected chi connectivity index (χ0v) is 8.95. The Balaban J connectivity index is 2.76. The molecule has 76 valence electrons. The molecule has 0 radical (unpaired) electrons. The summed E-state index contributed by atoms with van der Waals surface area (Å²) in [5, 5.41) is 0. The van der Waals surface area contributed by atoms with Crippen molar-refractivity contribution in [3.8, 4) is 11.8 Å². The van der Waals surface area contributed by atoms with Crippen molar-refractivity contribution >= 4 is 5.69 Å². The van der Waals surface area contributed by atoms with Crippen LogP contribution in [0.15, 0.2) is 24.3 Å². The molecule has 0 fully saturated rings. The van der Waals surface area contributed by atoms with E-state index < -0.39 is 0 Å². The molecule has 1 aromatic carbocycles. The summed E-state index contributed by atoms with van der Waals surface area (Å²) in [4.78, 5) is 3.32. The minimum absolute atomic E-state index is 0.00876. The first kappa shape index (κ1) is 11.3. The van der Waals surface area contributed by atoms with Crippen molar-refractivity contribution in [1.82, 2.24) is 0 Å². The maximum Gasteiger partial charge on any atom is 0.187 e. The van der Waals surface area contributed by atoms with Crippen LogP contribution in [0.2, 0.25) is 0 Å². The zero-order chi connectivity index (χ0) is 11.1. The molecule has 2 heteroatoms. The standard InChI is InChI=1S/C13H13NO/c1-4-13(15-3)10-7-11-5-8-12(14-2)9-6-11/h5-6,8-9,13H,4H2,1,3H3. The third kappa shape index (κ3) is 3.46. The smallest absolute Gasteiger partial charge is 0.187 e. The molecule has 1 rings (SSSR count). The molecular formula is C13H13NO. The highest BCUT2D eigenvalue weighted by molar-refractivity contribution is 5.49. The van der Waals surface area contributed by atoms with Gasteiger partial charge in [0.25, 0.3) is 0 Å². The second kappa shape index (κ2) is 5.86. The normalized spacial score (nSPS) is 11.0. The summed E-state index contributed by atoms with van der Waals surface area (Å²) < 4.78 is 5.14. The predicted octanol–water partition coefficient (Wildman–Crippen LogP) is 3.01. The maximum absolute atomic E-state index is 6.81. The first-order chi connectivity index (χ1) is 7.30. The highest BCUT2D eigenvalue weighted by Crippen LogP contribution is 2.11. The van der Waals surface area contributed by atoms with Gasteiger partial charge in [-0.1, -0.05) is 43.0 Å². The lowest BCUT2D eigenvalue weighted by atomic mass is 10.2. The van der Waals surface area contributed by atoms with E-state index in [1.54, 1.807) is 19.2 Å². The van der Waals surface area contributed by atoms with Crippen molar-refractivity contribution < 1.29 is 4.74 Å². The minimum Gasteiger partial charge on any atom is -0.369 e. The van der Waals surface area contributed by atoms with Gasteiger partial charge in [0.1, 0.15) is 6.10 Å². The van der Waals surface area contributed by atoms with Crippen molar-refractivity contribution in [3.63, 3.8) is 0 Å². The molecule has 0 amide bonds. The summed E-state index contributed by atoms with van der Waals surface area (Å²) in [5.74, 6) is 6.04. The van der Waals surface area contributed by atoms with Crippen LogP contribution in [0.3, 0.4) is 0 Å². The quantitative estimate of drug-likeness (QED) is 0.527. The van der Waals surface area contributed by atoms with E-state index >= 15 is 0 Å². The average molecular weight is 199 g/mol. The van der Waals surface area contributed by atoms with Gasteiger partial charge < -0.3 is 4.74 Å². The summed E-state index contributed by atoms with van der Waals surface area (Å²) in [6, 6.07) is 7.24. The van der Waals surface area contributed by atoms with Gasteiger partial charge in [-0.05, 0) is 6.42 Å². The molecule has 0 spiro atoms. The Kier molecular flexibility index (Phi) is 4.41. The Bertz CT molecular complexity index is 399. The Morgan fingerprint density at radius 3 is 2.53 bits per heavy atom. The predicted molar refractivity (Wildman–Crippen MR) is 60.7 cm³/mol. The van der Waals surface area contributed by atoms with Crippen molar-refractivity contribution in [2.75, 3.05) is 7.11 Å². The zero-order valence-electron chi connectivity index (χ0n) is 8.95. The average Bonchev–Trinajstić information content (AvgIpc) is 2.31. The van der Waals surface area contributed by atoms with E-state index in [0.717, 1.165) is 12.0 Å². The summed E-state index contributed by atoms with van der Waals surface area (Å²) in [6.07, 6.45) is 0.870. The summed E-state index contributed by atoms with van der Waals surface area (Å²) >= 11 is 0. The molecule has 0 saturated heterocycles. The summed E-state index contributed by atoms with van der Waals surface area (Å²) in [6.45, 7) is 8.85. The maximum atomic E-state index is 6.81. The first-order valence-corrected chi connectivity index (χ1v) is 4.82. The minimum atomic E-state index is -0.00876. The molecule has 0 aliphatic rings. The molecule has 15 heavy (non-hydrogen) atoms. The molecule has 0 aliphatic carbocycles. The molecule has 1 aromatic rings. The number of rotatable bonds is 2. The largest absolute Gasteiger partial charge is 0.369 e. The highest BCUT2D eigenvalue weighted by atomic mass is 16.5. The van der Waals surface area contributed by atoms with Crippen molar-refractivity contribution in [2.45, 2.75) is 19.4 Å². The van der Waals surface area contributed by atoms with Crippen molar-refractivity contribution in [3.05, 3.63) is 41.2 Å². The van der Waals surface area contributed by atoms with E-state index in [4.69, 9.17) is 11.3 Å². The molecule has 1 atom stereocenters. The van der Waals surface area contributed by atoms with Gasteiger partial charge >= 0.3 is 0 Å². The Morgan fingerprint density at radius 1 is 1.40 bits per heavy atom. The second-order valence-electron chi connectivity index (χ2n) is 3.06. The van der Waals surface area contributed by atoms with Crippen LogP contribution in [-0.2, 0) is 4.74 Å². The third-order valence-corrected chi connectivity index (χ3v) is 2.03. The van der Waals surface area contributed by atoms with E-state index in [0.29, 0.717) is 5.69 Å². The van der Waals surface area contributed by atoms with Gasteiger partial charge in [0.15, 0.2) is 5.69 Å². The highest BCUT2D eigenvalue weighted by Gasteiger charge is 1.96. The molecule has 0 heterocycles. The molecule has 1 unspecified atom stereocenters. The van der Waals surface area contributed by atoms with Gasteiger partial charge in [-0.3, -0.25) is 0 Å². The number of hydrogen-bond acceptors (Lipinski definition) is 1. The third-order valence-electron chi connectivity index (χ3n) is 2.03. The van der Waals surface area contributed by atoms with Gasteiger partial charge in [0, 0.05) is 12.7 Å². The molecule has 0 aliphatic heterocycles. The van der Waals surface area contributed by atoms with Crippen LogP contribution in [0.25, 0.3) is 4.85 Å². The number of nitrogens with zero attached hydrogens (tertiary/aromatic N) is 1. The fraction of sp³-hybridized carbons (Fsp3) is 0.308. The Hall–Kier alpha value is -1.77. The molecule has 0 N–H and O–H groups in total. The molecular weight excluding hydrogens is 186 g/mol. The van der Waals surface area contributed by atoms with E-state index in [1.807, 2.05) is 19.1 Å². The second-order valence-corrected chi connectivity index (χ2v) is 3.06. The Morgan fingerprint density at radius 2 is 2.07 bits per heavy atom. The molecule has 0 aromatic heterocycles. The first-order valence-electron chi connectivity index (χ1n) is 4.82. The monoisotopic (exact) mass is 199 g/mol. The molecule has 0 saturated carbocycles. The van der Waals surface area contributed by atoms with Crippen molar-refractivity contribution in [1.29, 1.82) is 0 Å². The summed E-state index contributed by atoms with van der Waals surface area (Å²) in [5.41, 5.74) is 1.55. The van der Waals surface area contributed by atoms with Crippen LogP contribution in [0.4, 0.5) is 5.69 Å². The van der Waals surface area contributed by atoms with E-state index in [1.165, 1.54) is 0 Å². The lowest BCUT2D eigenvalue weighted by Crippen LogP contribution is -2.04. The van der Waals surface area contributed by atoms with Gasteiger partial charge in [-0.25, -0.2) is 4.85 Å². The molecule has 0 bridgehead atoms. The topological polar surface area (TPSA) is 13.6 Å². The van der Waals surface area contributed by atoms with Crippen LogP contribution in [0.5, 0.6) is 0 Å². The van der Waals surface area contributed by atoms with Gasteiger partial charge in [0.2, 0.25) is 0 Å². The van der Waals surface area contributed by atoms with Gasteiger partial charge in [-0.15, -0.1) is 0 Å². The van der Waals surface area contributed by atoms with Gasteiger partial charge in [0.05, 0.1) is 6.57 Å². The lowest BCUT2D eigenvalue weighted by Gasteiger charge is -2.02. The van der Waals surface area contributed by atoms with Crippen LogP contribution in [0.1, 0.15) is 18.9 Å². The fourth-order valence-corrected chi connectivity index (χ4v) is 1.11. The SMILES string of the molecule is [C-]#[N+]c1ccc(C#CC(CC)OC)cc1. The number of benzene rings is 1. The lowest BCUT2D eigenvalue weighted by molar-refractivity contribution is 0.145. The van der Waals surface area contributed by atoms with Crippen LogP contribution < -0.4 is 0 Å². The number of ether oxygens (including phenoxy) is 1.